The number of hydrogen-bond donors (Lipinski definition) is 3. The Kier molecular flexibility index (Phi) is 8.34. The van der Waals surface area contributed by atoms with E-state index in [4.69, 9.17) is 37.4 Å². The second-order valence-corrected chi connectivity index (χ2v) is 9.81. The summed E-state index contributed by atoms with van der Waals surface area (Å²) in [6.45, 7) is 6.35. The van der Waals surface area contributed by atoms with Gasteiger partial charge in [-0.1, -0.05) is 29.8 Å². The number of H-pyrrole nitrogens is 1. The van der Waals surface area contributed by atoms with Crippen molar-refractivity contribution in [2.75, 3.05) is 56.1 Å². The number of nitrogens with zero attached hydrogens (tertiary/aromatic N) is 2. The lowest BCUT2D eigenvalue weighted by Gasteiger charge is -2.29. The van der Waals surface area contributed by atoms with Crippen molar-refractivity contribution in [3.8, 4) is 11.5 Å². The quantitative estimate of drug-likeness (QED) is 0.163. The number of ether oxygens (including phenoxy) is 3. The topological polar surface area (TPSA) is 118 Å². The number of carbonyl (C=O) groups excluding carboxylic acids is 2. The van der Waals surface area contributed by atoms with Gasteiger partial charge >= 0.3 is 0 Å². The molecule has 0 bridgehead atoms. The largest absolute Gasteiger partial charge is 0.495 e. The van der Waals surface area contributed by atoms with Crippen LogP contribution < -0.4 is 25.0 Å². The third-order valence-electron chi connectivity index (χ3n) is 6.67. The van der Waals surface area contributed by atoms with Gasteiger partial charge in [0.2, 0.25) is 5.91 Å². The van der Waals surface area contributed by atoms with Gasteiger partial charge in [-0.2, -0.15) is 0 Å². The van der Waals surface area contributed by atoms with Gasteiger partial charge < -0.3 is 34.7 Å². The van der Waals surface area contributed by atoms with Crippen LogP contribution in [0.2, 0.25) is 10.0 Å². The van der Waals surface area contributed by atoms with Crippen molar-refractivity contribution in [3.63, 3.8) is 0 Å². The summed E-state index contributed by atoms with van der Waals surface area (Å²) in [6.07, 6.45) is 2.76. The molecule has 0 radical (unpaired) electrons. The number of ketones is 1. The van der Waals surface area contributed by atoms with Crippen LogP contribution in [0.4, 0.5) is 22.9 Å². The van der Waals surface area contributed by atoms with Gasteiger partial charge in [0.05, 0.1) is 54.4 Å². The van der Waals surface area contributed by atoms with Crippen LogP contribution in [-0.2, 0) is 9.53 Å². The number of carbonyl (C=O) groups is 2. The molecule has 1 saturated heterocycles. The van der Waals surface area contributed by atoms with Crippen LogP contribution in [0.1, 0.15) is 15.9 Å². The predicted molar refractivity (Wildman–Crippen MR) is 161 cm³/mol. The number of aromatic amines is 1. The van der Waals surface area contributed by atoms with Crippen LogP contribution in [0, 0.1) is 0 Å². The minimum atomic E-state index is -0.418. The van der Waals surface area contributed by atoms with Crippen LogP contribution in [0.25, 0.3) is 11.0 Å². The normalized spacial score (nSPS) is 13.1. The summed E-state index contributed by atoms with van der Waals surface area (Å²) in [4.78, 5) is 35.7. The number of methoxy groups -OCH3 is 2. The van der Waals surface area contributed by atoms with E-state index in [1.165, 1.54) is 26.4 Å². The van der Waals surface area contributed by atoms with Crippen molar-refractivity contribution in [2.45, 2.75) is 0 Å². The number of anilines is 4. The second-order valence-electron chi connectivity index (χ2n) is 9.06. The van der Waals surface area contributed by atoms with Gasteiger partial charge in [0, 0.05) is 42.0 Å². The van der Waals surface area contributed by atoms with E-state index in [0.29, 0.717) is 47.0 Å². The molecule has 0 atom stereocenters. The Bertz CT molecular complexity index is 1620. The fraction of sp³-hybridized carbons (Fsp3) is 0.207. The van der Waals surface area contributed by atoms with Gasteiger partial charge in [-0.3, -0.25) is 9.59 Å². The average molecular weight is 596 g/mol. The lowest BCUT2D eigenvalue weighted by molar-refractivity contribution is -0.111. The highest BCUT2D eigenvalue weighted by molar-refractivity contribution is 6.43. The van der Waals surface area contributed by atoms with Crippen molar-refractivity contribution >= 4 is 68.8 Å². The van der Waals surface area contributed by atoms with E-state index in [2.05, 4.69) is 32.1 Å². The zero-order valence-corrected chi connectivity index (χ0v) is 23.9. The molecule has 3 heterocycles. The molecular weight excluding hydrogens is 569 g/mol. The molecule has 2 aromatic heterocycles. The van der Waals surface area contributed by atoms with Crippen LogP contribution in [0.3, 0.4) is 0 Å². The van der Waals surface area contributed by atoms with Crippen molar-refractivity contribution in [3.05, 3.63) is 76.4 Å². The molecule has 3 N–H and O–H groups in total. The van der Waals surface area contributed by atoms with Crippen LogP contribution in [-0.4, -0.2) is 62.2 Å². The third-order valence-corrected chi connectivity index (χ3v) is 7.42. The Morgan fingerprint density at radius 1 is 1.05 bits per heavy atom. The highest BCUT2D eigenvalue weighted by Gasteiger charge is 2.26. The van der Waals surface area contributed by atoms with E-state index in [1.54, 1.807) is 18.3 Å². The molecule has 1 fully saturated rings. The first kappa shape index (κ1) is 28.3. The highest BCUT2D eigenvalue weighted by atomic mass is 35.5. The SMILES string of the molecule is C=CC(=O)Nc1cc(N2CCOCC2)ccc1Nc1ccc2c(C(=O)c3c(Cl)c(OC)cc(OC)c3Cl)c[nH]c2n1. The molecule has 212 valence electrons. The van der Waals surface area contributed by atoms with Gasteiger partial charge in [-0.25, -0.2) is 4.98 Å². The van der Waals surface area contributed by atoms with Gasteiger partial charge in [0.25, 0.3) is 0 Å². The van der Waals surface area contributed by atoms with E-state index in [0.717, 1.165) is 18.8 Å². The summed E-state index contributed by atoms with van der Waals surface area (Å²) >= 11 is 13.0. The predicted octanol–water partition coefficient (Wildman–Crippen LogP) is 5.82. The fourth-order valence-corrected chi connectivity index (χ4v) is 5.24. The Balaban J connectivity index is 1.46. The van der Waals surface area contributed by atoms with Crippen molar-refractivity contribution in [1.29, 1.82) is 0 Å². The zero-order valence-electron chi connectivity index (χ0n) is 22.3. The summed E-state index contributed by atoms with van der Waals surface area (Å²) in [6, 6.07) is 10.8. The van der Waals surface area contributed by atoms with Crippen molar-refractivity contribution in [2.24, 2.45) is 0 Å². The summed E-state index contributed by atoms with van der Waals surface area (Å²) in [5.74, 6) is 0.263. The lowest BCUT2D eigenvalue weighted by Crippen LogP contribution is -2.36. The van der Waals surface area contributed by atoms with E-state index in [1.807, 2.05) is 18.2 Å². The molecule has 0 unspecified atom stereocenters. The summed E-state index contributed by atoms with van der Waals surface area (Å²) in [5.41, 5.74) is 3.01. The molecule has 1 aliphatic rings. The lowest BCUT2D eigenvalue weighted by atomic mass is 10.0. The summed E-state index contributed by atoms with van der Waals surface area (Å²) in [7, 11) is 2.88. The molecule has 0 spiro atoms. The number of morpholine rings is 1. The van der Waals surface area contributed by atoms with E-state index in [9.17, 15) is 9.59 Å². The van der Waals surface area contributed by atoms with Crippen molar-refractivity contribution in [1.82, 2.24) is 9.97 Å². The molecule has 0 aliphatic carbocycles. The standard InChI is InChI=1S/C29H27Cl2N5O5/c1-4-24(37)34-20-13-16(36-9-11-41-12-10-36)5-7-19(20)33-23-8-6-17-18(15-32-29(17)35-23)28(38)25-26(30)21(39-2)14-22(40-3)27(25)31/h4-8,13-15H,1,9-12H2,2-3H3,(H,34,37)(H2,32,33,35). The number of hydrogen-bond acceptors (Lipinski definition) is 8. The molecular formula is C29H27Cl2N5O5. The first-order valence-corrected chi connectivity index (χ1v) is 13.4. The molecule has 1 amide bonds. The van der Waals surface area contributed by atoms with Gasteiger partial charge in [0.1, 0.15) is 23.0 Å². The Hall–Kier alpha value is -4.25. The number of benzene rings is 2. The number of pyridine rings is 1. The van der Waals surface area contributed by atoms with Gasteiger partial charge in [0.15, 0.2) is 5.78 Å². The second kappa shape index (κ2) is 12.1. The smallest absolute Gasteiger partial charge is 0.247 e. The van der Waals surface area contributed by atoms with Crippen molar-refractivity contribution < 1.29 is 23.8 Å². The Labute approximate surface area is 246 Å². The fourth-order valence-electron chi connectivity index (χ4n) is 4.57. The molecule has 0 saturated carbocycles. The van der Waals surface area contributed by atoms with E-state index < -0.39 is 5.78 Å². The average Bonchev–Trinajstić information content (AvgIpc) is 3.42. The van der Waals surface area contributed by atoms with Crippen LogP contribution >= 0.6 is 23.2 Å². The number of aromatic nitrogens is 2. The summed E-state index contributed by atoms with van der Waals surface area (Å²) < 4.78 is 16.1. The number of amides is 1. The Morgan fingerprint density at radius 3 is 2.41 bits per heavy atom. The monoisotopic (exact) mass is 595 g/mol. The highest BCUT2D eigenvalue weighted by Crippen LogP contribution is 2.42. The molecule has 12 heteroatoms. The maximum absolute atomic E-state index is 13.6. The molecule has 41 heavy (non-hydrogen) atoms. The molecule has 5 rings (SSSR count). The maximum atomic E-state index is 13.6. The van der Waals surface area contributed by atoms with Crippen LogP contribution in [0.5, 0.6) is 11.5 Å². The molecule has 2 aromatic carbocycles. The van der Waals surface area contributed by atoms with Gasteiger partial charge in [-0.15, -0.1) is 0 Å². The Morgan fingerprint density at radius 2 is 1.76 bits per heavy atom. The number of halogens is 2. The summed E-state index contributed by atoms with van der Waals surface area (Å²) in [5, 5.41) is 6.85. The van der Waals surface area contributed by atoms with E-state index >= 15 is 0 Å². The molecule has 10 nitrogen and oxygen atoms in total. The minimum Gasteiger partial charge on any atom is -0.495 e. The first-order chi connectivity index (χ1) is 19.8. The molecule has 1 aliphatic heterocycles. The van der Waals surface area contributed by atoms with Crippen LogP contribution in [0.15, 0.2) is 55.3 Å². The first-order valence-electron chi connectivity index (χ1n) is 12.6. The number of rotatable bonds is 9. The minimum absolute atomic E-state index is 0.0654. The molecule has 4 aromatic rings. The number of fused-ring (bicyclic) bond motifs is 1. The third kappa shape index (κ3) is 5.67. The zero-order chi connectivity index (χ0) is 29.1. The van der Waals surface area contributed by atoms with Gasteiger partial charge in [-0.05, 0) is 36.4 Å². The van der Waals surface area contributed by atoms with E-state index in [-0.39, 0.29) is 33.0 Å². The number of nitrogens with one attached hydrogen (secondary N) is 3. The maximum Gasteiger partial charge on any atom is 0.247 e.